The molecule has 0 aliphatic rings. The number of rotatable bonds is 6. The van der Waals surface area contributed by atoms with Gasteiger partial charge in [0.25, 0.3) is 0 Å². The van der Waals surface area contributed by atoms with Crippen LogP contribution in [-0.2, 0) is 14.2 Å². The number of ether oxygens (including phenoxy) is 3. The molecule has 0 aromatic rings. The molecule has 0 radical (unpaired) electrons. The zero-order valence-electron chi connectivity index (χ0n) is 10.2. The predicted octanol–water partition coefficient (Wildman–Crippen LogP) is 1.90. The van der Waals surface area contributed by atoms with Crippen molar-refractivity contribution in [2.45, 2.75) is 26.4 Å². The highest BCUT2D eigenvalue weighted by atomic mass is 35.5. The first-order valence-corrected chi connectivity index (χ1v) is 5.56. The fourth-order valence-corrected chi connectivity index (χ4v) is 0.899. The summed E-state index contributed by atoms with van der Waals surface area (Å²) in [5, 5.41) is 2.52. The molecule has 1 amide bonds. The Bertz CT molecular complexity index is 252. The van der Waals surface area contributed by atoms with E-state index in [1.165, 1.54) is 0 Å². The van der Waals surface area contributed by atoms with Gasteiger partial charge in [0.15, 0.2) is 0 Å². The summed E-state index contributed by atoms with van der Waals surface area (Å²) in [6.45, 7) is 6.29. The van der Waals surface area contributed by atoms with Crippen LogP contribution < -0.4 is 5.32 Å². The fraction of sp³-hybridized carbons (Fsp3) is 0.800. The average Bonchev–Trinajstić information content (AvgIpc) is 2.12. The first-order valence-electron chi connectivity index (χ1n) is 5.18. The van der Waals surface area contributed by atoms with E-state index in [2.05, 4.69) is 10.1 Å². The molecule has 0 saturated heterocycles. The third-order valence-corrected chi connectivity index (χ3v) is 1.47. The SMILES string of the molecule is CC(C)(C)OC(=O)NCCOCCOC(=O)Cl. The van der Waals surface area contributed by atoms with Crippen molar-refractivity contribution in [2.75, 3.05) is 26.4 Å². The number of alkyl carbamates (subject to hydrolysis) is 1. The summed E-state index contributed by atoms with van der Waals surface area (Å²) >= 11 is 4.93. The van der Waals surface area contributed by atoms with Crippen molar-refractivity contribution in [3.05, 3.63) is 0 Å². The molecule has 7 heteroatoms. The Balaban J connectivity index is 3.34. The van der Waals surface area contributed by atoms with Gasteiger partial charge in [-0.1, -0.05) is 0 Å². The molecular formula is C10H18ClNO5. The fourth-order valence-electron chi connectivity index (χ4n) is 0.822. The van der Waals surface area contributed by atoms with Gasteiger partial charge in [0.2, 0.25) is 0 Å². The Kier molecular flexibility index (Phi) is 7.65. The lowest BCUT2D eigenvalue weighted by atomic mass is 10.2. The number of hydrogen-bond acceptors (Lipinski definition) is 5. The van der Waals surface area contributed by atoms with Crippen LogP contribution in [0, 0.1) is 0 Å². The second kappa shape index (κ2) is 8.14. The highest BCUT2D eigenvalue weighted by molar-refractivity contribution is 6.61. The number of carbonyl (C=O) groups is 2. The van der Waals surface area contributed by atoms with Crippen molar-refractivity contribution in [3.8, 4) is 0 Å². The van der Waals surface area contributed by atoms with Gasteiger partial charge >= 0.3 is 11.5 Å². The van der Waals surface area contributed by atoms with Gasteiger partial charge in [-0.3, -0.25) is 0 Å². The number of halogens is 1. The Morgan fingerprint density at radius 3 is 2.35 bits per heavy atom. The Morgan fingerprint density at radius 1 is 1.18 bits per heavy atom. The number of nitrogens with one attached hydrogen (secondary N) is 1. The van der Waals surface area contributed by atoms with Crippen LogP contribution in [0.15, 0.2) is 0 Å². The normalized spacial score (nSPS) is 10.8. The van der Waals surface area contributed by atoms with Crippen LogP contribution in [0.4, 0.5) is 9.59 Å². The van der Waals surface area contributed by atoms with Crippen molar-refractivity contribution in [1.29, 1.82) is 0 Å². The van der Waals surface area contributed by atoms with E-state index in [9.17, 15) is 9.59 Å². The summed E-state index contributed by atoms with van der Waals surface area (Å²) in [6.07, 6.45) is -0.492. The molecular weight excluding hydrogens is 250 g/mol. The van der Waals surface area contributed by atoms with E-state index in [-0.39, 0.29) is 13.2 Å². The molecule has 0 fully saturated rings. The minimum atomic E-state index is -0.861. The van der Waals surface area contributed by atoms with Gasteiger partial charge in [-0.2, -0.15) is 0 Å². The average molecular weight is 268 g/mol. The Morgan fingerprint density at radius 2 is 1.82 bits per heavy atom. The Labute approximate surface area is 106 Å². The van der Waals surface area contributed by atoms with Crippen LogP contribution in [0.2, 0.25) is 0 Å². The molecule has 0 heterocycles. The van der Waals surface area contributed by atoms with Crippen LogP contribution in [0.25, 0.3) is 0 Å². The molecule has 0 bridgehead atoms. The molecule has 100 valence electrons. The summed E-state index contributed by atoms with van der Waals surface area (Å²) in [6, 6.07) is 0. The van der Waals surface area contributed by atoms with Crippen LogP contribution in [-0.4, -0.2) is 43.5 Å². The number of hydrogen-bond donors (Lipinski definition) is 1. The van der Waals surface area contributed by atoms with E-state index < -0.39 is 17.1 Å². The van der Waals surface area contributed by atoms with Gasteiger partial charge < -0.3 is 19.5 Å². The van der Waals surface area contributed by atoms with Crippen LogP contribution in [0.1, 0.15) is 20.8 Å². The highest BCUT2D eigenvalue weighted by Crippen LogP contribution is 2.05. The van der Waals surface area contributed by atoms with Crippen LogP contribution >= 0.6 is 11.6 Å². The maximum atomic E-state index is 11.2. The van der Waals surface area contributed by atoms with E-state index in [4.69, 9.17) is 21.1 Å². The molecule has 0 atom stereocenters. The summed E-state index contributed by atoms with van der Waals surface area (Å²) in [5.41, 5.74) is -1.38. The first kappa shape index (κ1) is 16.0. The van der Waals surface area contributed by atoms with E-state index in [1.54, 1.807) is 20.8 Å². The predicted molar refractivity (Wildman–Crippen MR) is 62.3 cm³/mol. The third-order valence-electron chi connectivity index (χ3n) is 1.36. The molecule has 6 nitrogen and oxygen atoms in total. The second-order valence-corrected chi connectivity index (χ2v) is 4.44. The zero-order valence-corrected chi connectivity index (χ0v) is 11.0. The van der Waals surface area contributed by atoms with Crippen molar-refractivity contribution >= 4 is 23.1 Å². The third kappa shape index (κ3) is 12.9. The van der Waals surface area contributed by atoms with Crippen LogP contribution in [0.5, 0.6) is 0 Å². The summed E-state index contributed by atoms with van der Waals surface area (Å²) in [5.74, 6) is 0. The molecule has 17 heavy (non-hydrogen) atoms. The monoisotopic (exact) mass is 267 g/mol. The van der Waals surface area contributed by atoms with Crippen molar-refractivity contribution < 1.29 is 23.8 Å². The van der Waals surface area contributed by atoms with Crippen molar-refractivity contribution in [3.63, 3.8) is 0 Å². The second-order valence-electron chi connectivity index (χ2n) is 4.13. The molecule has 0 saturated carbocycles. The van der Waals surface area contributed by atoms with E-state index in [0.717, 1.165) is 0 Å². The number of amides is 1. The summed E-state index contributed by atoms with van der Waals surface area (Å²) < 4.78 is 14.5. The smallest absolute Gasteiger partial charge is 0.407 e. The van der Waals surface area contributed by atoms with E-state index >= 15 is 0 Å². The minimum Gasteiger partial charge on any atom is -0.451 e. The largest absolute Gasteiger partial charge is 0.451 e. The first-order chi connectivity index (χ1) is 7.81. The van der Waals surface area contributed by atoms with Gasteiger partial charge in [-0.25, -0.2) is 9.59 Å². The van der Waals surface area contributed by atoms with E-state index in [0.29, 0.717) is 13.2 Å². The zero-order chi connectivity index (χ0) is 13.3. The molecule has 0 aromatic carbocycles. The maximum Gasteiger partial charge on any atom is 0.407 e. The molecule has 0 aliphatic carbocycles. The molecule has 0 aliphatic heterocycles. The maximum absolute atomic E-state index is 11.2. The molecule has 0 rings (SSSR count). The van der Waals surface area contributed by atoms with Gasteiger partial charge in [0.05, 0.1) is 13.2 Å². The lowest BCUT2D eigenvalue weighted by Gasteiger charge is -2.19. The lowest BCUT2D eigenvalue weighted by Crippen LogP contribution is -2.34. The van der Waals surface area contributed by atoms with Crippen LogP contribution in [0.3, 0.4) is 0 Å². The quantitative estimate of drug-likeness (QED) is 0.588. The Hall–Kier alpha value is -1.01. The molecule has 0 aromatic heterocycles. The molecule has 1 N–H and O–H groups in total. The standard InChI is InChI=1S/C10H18ClNO5/c1-10(2,3)17-9(14)12-4-5-15-6-7-16-8(11)13/h4-7H2,1-3H3,(H,12,14). The lowest BCUT2D eigenvalue weighted by molar-refractivity contribution is 0.0481. The molecule has 0 spiro atoms. The summed E-state index contributed by atoms with van der Waals surface area (Å²) in [4.78, 5) is 21.3. The summed E-state index contributed by atoms with van der Waals surface area (Å²) in [7, 11) is 0. The van der Waals surface area contributed by atoms with E-state index in [1.807, 2.05) is 0 Å². The highest BCUT2D eigenvalue weighted by Gasteiger charge is 2.15. The van der Waals surface area contributed by atoms with Gasteiger partial charge in [-0.05, 0) is 20.8 Å². The molecule has 0 unspecified atom stereocenters. The number of carbonyl (C=O) groups excluding carboxylic acids is 2. The van der Waals surface area contributed by atoms with Gasteiger partial charge in [0.1, 0.15) is 12.2 Å². The van der Waals surface area contributed by atoms with Gasteiger partial charge in [-0.15, -0.1) is 0 Å². The van der Waals surface area contributed by atoms with Crippen molar-refractivity contribution in [1.82, 2.24) is 5.32 Å². The topological polar surface area (TPSA) is 73.9 Å². The van der Waals surface area contributed by atoms with Gasteiger partial charge in [0, 0.05) is 18.1 Å². The minimum absolute atomic E-state index is 0.0920. The van der Waals surface area contributed by atoms with Crippen molar-refractivity contribution in [2.24, 2.45) is 0 Å².